The second-order valence-electron chi connectivity index (χ2n) is 5.18. The molecular weight excluding hydrogens is 344 g/mol. The summed E-state index contributed by atoms with van der Waals surface area (Å²) in [5, 5.41) is 5.70. The van der Waals surface area contributed by atoms with Crippen molar-refractivity contribution in [1.29, 1.82) is 0 Å². The summed E-state index contributed by atoms with van der Waals surface area (Å²) >= 11 is 7.43. The van der Waals surface area contributed by atoms with Crippen molar-refractivity contribution in [3.05, 3.63) is 15.9 Å². The minimum absolute atomic E-state index is 0.460. The highest BCUT2D eigenvalue weighted by molar-refractivity contribution is 9.10. The average Bonchev–Trinajstić information content (AvgIpc) is 2.90. The van der Waals surface area contributed by atoms with Crippen LogP contribution in [-0.4, -0.2) is 15.1 Å². The van der Waals surface area contributed by atoms with Crippen molar-refractivity contribution in [3.8, 4) is 0 Å². The third-order valence-electron chi connectivity index (χ3n) is 3.94. The number of rotatable bonds is 4. The van der Waals surface area contributed by atoms with E-state index in [4.69, 9.17) is 0 Å². The molecule has 1 saturated carbocycles. The van der Waals surface area contributed by atoms with Gasteiger partial charge in [0, 0.05) is 11.9 Å². The molecule has 1 heterocycles. The molecule has 2 nitrogen and oxygen atoms in total. The van der Waals surface area contributed by atoms with Crippen LogP contribution < -0.4 is 0 Å². The summed E-state index contributed by atoms with van der Waals surface area (Å²) < 4.78 is 3.37. The van der Waals surface area contributed by atoms with E-state index in [-0.39, 0.29) is 0 Å². The van der Waals surface area contributed by atoms with E-state index in [1.807, 2.05) is 0 Å². The lowest BCUT2D eigenvalue weighted by Crippen LogP contribution is -2.23. The van der Waals surface area contributed by atoms with Crippen molar-refractivity contribution in [2.24, 2.45) is 5.41 Å². The molecular formula is C13H20Br2N2. The maximum absolute atomic E-state index is 4.59. The van der Waals surface area contributed by atoms with Crippen molar-refractivity contribution in [1.82, 2.24) is 9.78 Å². The van der Waals surface area contributed by atoms with Gasteiger partial charge in [0.05, 0.1) is 15.9 Å². The van der Waals surface area contributed by atoms with Crippen LogP contribution in [0.4, 0.5) is 0 Å². The molecule has 0 spiro atoms. The Morgan fingerprint density at radius 3 is 2.53 bits per heavy atom. The molecule has 0 saturated heterocycles. The predicted octanol–water partition coefficient (Wildman–Crippen LogP) is 4.47. The largest absolute Gasteiger partial charge is 0.268 e. The fourth-order valence-corrected chi connectivity index (χ4v) is 4.06. The van der Waals surface area contributed by atoms with Crippen LogP contribution in [0.1, 0.15) is 44.0 Å². The fourth-order valence-electron chi connectivity index (χ4n) is 2.88. The molecule has 0 bridgehead atoms. The monoisotopic (exact) mass is 362 g/mol. The molecule has 0 N–H and O–H groups in total. The standard InChI is InChI=1S/C13H20Br2N2/c1-3-17-11(12(15)10(2)16-17)8-13(9-14)6-4-5-7-13/h3-9H2,1-2H3. The van der Waals surface area contributed by atoms with Crippen LogP contribution in [0.3, 0.4) is 0 Å². The van der Waals surface area contributed by atoms with Gasteiger partial charge in [-0.3, -0.25) is 4.68 Å². The molecule has 0 aromatic carbocycles. The molecule has 0 radical (unpaired) electrons. The lowest BCUT2D eigenvalue weighted by Gasteiger charge is -2.26. The zero-order valence-electron chi connectivity index (χ0n) is 10.6. The Kier molecular flexibility index (Phi) is 4.35. The molecule has 1 aliphatic rings. The Bertz CT molecular complexity index is 392. The molecule has 96 valence electrons. The van der Waals surface area contributed by atoms with Crippen LogP contribution >= 0.6 is 31.9 Å². The number of hydrogen-bond donors (Lipinski definition) is 0. The Morgan fingerprint density at radius 1 is 1.35 bits per heavy atom. The van der Waals surface area contributed by atoms with Crippen molar-refractivity contribution in [2.75, 3.05) is 5.33 Å². The van der Waals surface area contributed by atoms with Crippen molar-refractivity contribution >= 4 is 31.9 Å². The van der Waals surface area contributed by atoms with Crippen molar-refractivity contribution in [3.63, 3.8) is 0 Å². The fraction of sp³-hybridized carbons (Fsp3) is 0.769. The molecule has 1 aliphatic carbocycles. The van der Waals surface area contributed by atoms with E-state index in [9.17, 15) is 0 Å². The lowest BCUT2D eigenvalue weighted by atomic mass is 9.83. The summed E-state index contributed by atoms with van der Waals surface area (Å²) in [4.78, 5) is 0. The second kappa shape index (κ2) is 5.43. The summed E-state index contributed by atoms with van der Waals surface area (Å²) in [5.41, 5.74) is 2.96. The van der Waals surface area contributed by atoms with E-state index in [1.165, 1.54) is 35.8 Å². The molecule has 0 amide bonds. The van der Waals surface area contributed by atoms with E-state index < -0.39 is 0 Å². The van der Waals surface area contributed by atoms with Gasteiger partial charge in [-0.05, 0) is 54.5 Å². The minimum Gasteiger partial charge on any atom is -0.268 e. The molecule has 1 aromatic rings. The SMILES string of the molecule is CCn1nc(C)c(Br)c1CC1(CBr)CCCC1. The smallest absolute Gasteiger partial charge is 0.0738 e. The quantitative estimate of drug-likeness (QED) is 0.721. The maximum atomic E-state index is 4.59. The molecule has 2 rings (SSSR count). The summed E-state index contributed by atoms with van der Waals surface area (Å²) in [7, 11) is 0. The van der Waals surface area contributed by atoms with Gasteiger partial charge >= 0.3 is 0 Å². The number of aryl methyl sites for hydroxylation is 2. The van der Waals surface area contributed by atoms with Crippen LogP contribution in [0.5, 0.6) is 0 Å². The zero-order chi connectivity index (χ0) is 12.5. The van der Waals surface area contributed by atoms with Gasteiger partial charge in [-0.2, -0.15) is 5.10 Å². The number of alkyl halides is 1. The third-order valence-corrected chi connectivity index (χ3v) is 6.16. The minimum atomic E-state index is 0.460. The van der Waals surface area contributed by atoms with Crippen LogP contribution in [-0.2, 0) is 13.0 Å². The second-order valence-corrected chi connectivity index (χ2v) is 6.53. The Hall–Kier alpha value is 0.170. The Morgan fingerprint density at radius 2 is 2.00 bits per heavy atom. The zero-order valence-corrected chi connectivity index (χ0v) is 13.8. The van der Waals surface area contributed by atoms with Crippen molar-refractivity contribution < 1.29 is 0 Å². The van der Waals surface area contributed by atoms with Gasteiger partial charge in [0.2, 0.25) is 0 Å². The maximum Gasteiger partial charge on any atom is 0.0738 e. The van der Waals surface area contributed by atoms with E-state index in [1.54, 1.807) is 0 Å². The van der Waals surface area contributed by atoms with Gasteiger partial charge in [-0.15, -0.1) is 0 Å². The highest BCUT2D eigenvalue weighted by Crippen LogP contribution is 2.43. The first-order valence-corrected chi connectivity index (χ1v) is 8.31. The average molecular weight is 364 g/mol. The summed E-state index contributed by atoms with van der Waals surface area (Å²) in [6.07, 6.45) is 6.59. The van der Waals surface area contributed by atoms with Gasteiger partial charge in [0.15, 0.2) is 0 Å². The molecule has 17 heavy (non-hydrogen) atoms. The normalized spacial score (nSPS) is 18.8. The topological polar surface area (TPSA) is 17.8 Å². The molecule has 0 aliphatic heterocycles. The van der Waals surface area contributed by atoms with E-state index in [2.05, 4.69) is 55.5 Å². The first-order valence-electron chi connectivity index (χ1n) is 6.39. The van der Waals surface area contributed by atoms with E-state index in [0.29, 0.717) is 5.41 Å². The van der Waals surface area contributed by atoms with Gasteiger partial charge in [0.25, 0.3) is 0 Å². The number of halogens is 2. The van der Waals surface area contributed by atoms with Crippen LogP contribution in [0, 0.1) is 12.3 Å². The molecule has 1 fully saturated rings. The molecule has 0 unspecified atom stereocenters. The summed E-state index contributed by atoms with van der Waals surface area (Å²) in [6.45, 7) is 5.20. The Balaban J connectivity index is 2.28. The van der Waals surface area contributed by atoms with Gasteiger partial charge < -0.3 is 0 Å². The van der Waals surface area contributed by atoms with Gasteiger partial charge in [0.1, 0.15) is 0 Å². The molecule has 4 heteroatoms. The number of hydrogen-bond acceptors (Lipinski definition) is 1. The number of aromatic nitrogens is 2. The van der Waals surface area contributed by atoms with E-state index >= 15 is 0 Å². The van der Waals surface area contributed by atoms with Gasteiger partial charge in [-0.1, -0.05) is 28.8 Å². The molecule has 1 aromatic heterocycles. The predicted molar refractivity (Wildman–Crippen MR) is 78.7 cm³/mol. The first kappa shape index (κ1) is 13.6. The first-order chi connectivity index (χ1) is 8.12. The van der Waals surface area contributed by atoms with Crippen LogP contribution in [0.15, 0.2) is 4.47 Å². The van der Waals surface area contributed by atoms with Crippen LogP contribution in [0.25, 0.3) is 0 Å². The van der Waals surface area contributed by atoms with Crippen LogP contribution in [0.2, 0.25) is 0 Å². The third kappa shape index (κ3) is 2.62. The summed E-state index contributed by atoms with van der Waals surface area (Å²) in [6, 6.07) is 0. The Labute approximate surface area is 120 Å². The highest BCUT2D eigenvalue weighted by Gasteiger charge is 2.34. The van der Waals surface area contributed by atoms with E-state index in [0.717, 1.165) is 24.0 Å². The summed E-state index contributed by atoms with van der Waals surface area (Å²) in [5.74, 6) is 0. The lowest BCUT2D eigenvalue weighted by molar-refractivity contribution is 0.334. The van der Waals surface area contributed by atoms with Gasteiger partial charge in [-0.25, -0.2) is 0 Å². The highest BCUT2D eigenvalue weighted by atomic mass is 79.9. The molecule has 0 atom stereocenters. The van der Waals surface area contributed by atoms with Crippen molar-refractivity contribution in [2.45, 2.75) is 52.5 Å². The number of nitrogens with zero attached hydrogens (tertiary/aromatic N) is 2.